The van der Waals surface area contributed by atoms with Crippen molar-refractivity contribution < 1.29 is 23.8 Å². The van der Waals surface area contributed by atoms with Crippen molar-refractivity contribution in [2.75, 3.05) is 37.8 Å². The minimum atomic E-state index is -0.365. The maximum Gasteiger partial charge on any atom is 0.339 e. The van der Waals surface area contributed by atoms with E-state index in [9.17, 15) is 9.59 Å². The van der Waals surface area contributed by atoms with Crippen molar-refractivity contribution in [2.24, 2.45) is 5.92 Å². The maximum atomic E-state index is 12.9. The quantitative estimate of drug-likeness (QED) is 0.567. The van der Waals surface area contributed by atoms with Crippen LogP contribution in [0.25, 0.3) is 0 Å². The Morgan fingerprint density at radius 1 is 1.07 bits per heavy atom. The molecule has 1 aromatic heterocycles. The van der Waals surface area contributed by atoms with Crippen molar-refractivity contribution in [1.82, 2.24) is 4.98 Å². The van der Waals surface area contributed by atoms with E-state index in [1.807, 2.05) is 18.2 Å². The predicted octanol–water partition coefficient (Wildman–Crippen LogP) is 3.13. The van der Waals surface area contributed by atoms with Gasteiger partial charge < -0.3 is 19.1 Å². The molecular formula is C22H24N2O5. The number of fused-ring (bicyclic) bond motifs is 1. The molecule has 0 unspecified atom stereocenters. The molecule has 0 saturated carbocycles. The lowest BCUT2D eigenvalue weighted by Crippen LogP contribution is -2.36. The number of Topliss-reactive ketones (excluding diaryl/α,β-unsaturated/α-hetero) is 1. The molecule has 2 aromatic rings. The molecule has 0 N–H and O–H groups in total. The van der Waals surface area contributed by atoms with Gasteiger partial charge in [-0.15, -0.1) is 0 Å². The van der Waals surface area contributed by atoms with Crippen molar-refractivity contribution in [3.05, 3.63) is 47.7 Å². The number of carbonyl (C=O) groups is 2. The number of carbonyl (C=O) groups excluding carboxylic acids is 2. The number of hydrogen-bond acceptors (Lipinski definition) is 7. The second-order valence-electron chi connectivity index (χ2n) is 7.11. The molecule has 0 amide bonds. The summed E-state index contributed by atoms with van der Waals surface area (Å²) in [6.45, 7) is 4.64. The Balaban J connectivity index is 1.36. The molecule has 1 fully saturated rings. The minimum absolute atomic E-state index is 0.0207. The molecule has 1 saturated heterocycles. The fourth-order valence-electron chi connectivity index (χ4n) is 3.71. The standard InChI is InChI=1S/C22H24N2O5/c1-2-27-22(26)17-4-6-20(23-14-17)24-9-7-15(8-10-24)21(25)16-3-5-18-19(13-16)29-12-11-28-18/h3-6,13-15H,2,7-12H2,1H3. The fraction of sp³-hybridized carbons (Fsp3) is 0.409. The van der Waals surface area contributed by atoms with E-state index >= 15 is 0 Å². The maximum absolute atomic E-state index is 12.9. The van der Waals surface area contributed by atoms with Crippen molar-refractivity contribution in [2.45, 2.75) is 19.8 Å². The van der Waals surface area contributed by atoms with Gasteiger partial charge >= 0.3 is 5.97 Å². The van der Waals surface area contributed by atoms with Crippen LogP contribution in [-0.4, -0.2) is 49.6 Å². The molecule has 2 aliphatic rings. The highest BCUT2D eigenvalue weighted by Gasteiger charge is 2.27. The summed E-state index contributed by atoms with van der Waals surface area (Å²) in [7, 11) is 0. The van der Waals surface area contributed by atoms with Gasteiger partial charge in [-0.05, 0) is 50.1 Å². The highest BCUT2D eigenvalue weighted by molar-refractivity contribution is 5.98. The molecule has 2 aliphatic heterocycles. The third-order valence-corrected chi connectivity index (χ3v) is 5.28. The van der Waals surface area contributed by atoms with E-state index in [-0.39, 0.29) is 17.7 Å². The lowest BCUT2D eigenvalue weighted by atomic mass is 9.88. The molecule has 152 valence electrons. The van der Waals surface area contributed by atoms with E-state index in [4.69, 9.17) is 14.2 Å². The highest BCUT2D eigenvalue weighted by atomic mass is 16.6. The van der Waals surface area contributed by atoms with Gasteiger partial charge in [0.15, 0.2) is 17.3 Å². The topological polar surface area (TPSA) is 78.0 Å². The summed E-state index contributed by atoms with van der Waals surface area (Å²) >= 11 is 0. The first-order valence-electron chi connectivity index (χ1n) is 9.97. The number of ether oxygens (including phenoxy) is 3. The molecule has 0 radical (unpaired) electrons. The van der Waals surface area contributed by atoms with Crippen LogP contribution in [0.3, 0.4) is 0 Å². The van der Waals surface area contributed by atoms with Gasteiger partial charge in [0.1, 0.15) is 19.0 Å². The Morgan fingerprint density at radius 3 is 2.48 bits per heavy atom. The van der Waals surface area contributed by atoms with Crippen LogP contribution in [-0.2, 0) is 4.74 Å². The van der Waals surface area contributed by atoms with Gasteiger partial charge in [0.25, 0.3) is 0 Å². The zero-order chi connectivity index (χ0) is 20.2. The number of anilines is 1. The second kappa shape index (κ2) is 8.51. The van der Waals surface area contributed by atoms with Crippen molar-refractivity contribution in [1.29, 1.82) is 0 Å². The van der Waals surface area contributed by atoms with Crippen LogP contribution >= 0.6 is 0 Å². The first kappa shape index (κ1) is 19.2. The van der Waals surface area contributed by atoms with Gasteiger partial charge in [-0.2, -0.15) is 0 Å². The summed E-state index contributed by atoms with van der Waals surface area (Å²) in [6, 6.07) is 8.98. The summed E-state index contributed by atoms with van der Waals surface area (Å²) in [5, 5.41) is 0. The van der Waals surface area contributed by atoms with Gasteiger partial charge in [0, 0.05) is 30.8 Å². The summed E-state index contributed by atoms with van der Waals surface area (Å²) in [4.78, 5) is 31.2. The van der Waals surface area contributed by atoms with Gasteiger partial charge in [-0.25, -0.2) is 9.78 Å². The minimum Gasteiger partial charge on any atom is -0.486 e. The average molecular weight is 396 g/mol. The van der Waals surface area contributed by atoms with Crippen LogP contribution < -0.4 is 14.4 Å². The Morgan fingerprint density at radius 2 is 1.79 bits per heavy atom. The molecule has 0 atom stereocenters. The van der Waals surface area contributed by atoms with E-state index in [0.29, 0.717) is 42.4 Å². The van der Waals surface area contributed by atoms with E-state index in [1.165, 1.54) is 0 Å². The number of pyridine rings is 1. The third kappa shape index (κ3) is 4.18. The van der Waals surface area contributed by atoms with Crippen LogP contribution in [0, 0.1) is 5.92 Å². The number of piperidine rings is 1. The first-order chi connectivity index (χ1) is 14.2. The predicted molar refractivity (Wildman–Crippen MR) is 107 cm³/mol. The number of nitrogens with zero attached hydrogens (tertiary/aromatic N) is 2. The number of ketones is 1. The number of hydrogen-bond donors (Lipinski definition) is 0. The molecule has 0 bridgehead atoms. The molecule has 29 heavy (non-hydrogen) atoms. The number of benzene rings is 1. The van der Waals surface area contributed by atoms with E-state index in [0.717, 1.165) is 31.7 Å². The van der Waals surface area contributed by atoms with Crippen LogP contribution in [0.4, 0.5) is 5.82 Å². The van der Waals surface area contributed by atoms with Crippen LogP contribution in [0.1, 0.15) is 40.5 Å². The Labute approximate surface area is 169 Å². The van der Waals surface area contributed by atoms with Crippen molar-refractivity contribution >= 4 is 17.6 Å². The molecule has 0 spiro atoms. The average Bonchev–Trinajstić information content (AvgIpc) is 2.78. The monoisotopic (exact) mass is 396 g/mol. The van der Waals surface area contributed by atoms with Crippen LogP contribution in [0.2, 0.25) is 0 Å². The van der Waals surface area contributed by atoms with Crippen molar-refractivity contribution in [3.8, 4) is 11.5 Å². The number of aromatic nitrogens is 1. The SMILES string of the molecule is CCOC(=O)c1ccc(N2CCC(C(=O)c3ccc4c(c3)OCCO4)CC2)nc1. The van der Waals surface area contributed by atoms with Gasteiger partial charge in [0.2, 0.25) is 0 Å². The molecule has 4 rings (SSSR count). The van der Waals surface area contributed by atoms with Crippen LogP contribution in [0.5, 0.6) is 11.5 Å². The van der Waals surface area contributed by atoms with E-state index in [1.54, 1.807) is 25.3 Å². The van der Waals surface area contributed by atoms with Gasteiger partial charge in [-0.3, -0.25) is 4.79 Å². The normalized spacial score (nSPS) is 16.4. The van der Waals surface area contributed by atoms with Crippen molar-refractivity contribution in [3.63, 3.8) is 0 Å². The molecular weight excluding hydrogens is 372 g/mol. The molecule has 1 aromatic carbocycles. The first-order valence-corrected chi connectivity index (χ1v) is 9.97. The highest BCUT2D eigenvalue weighted by Crippen LogP contribution is 2.33. The van der Waals surface area contributed by atoms with Crippen LogP contribution in [0.15, 0.2) is 36.5 Å². The summed E-state index contributed by atoms with van der Waals surface area (Å²) in [5.41, 5.74) is 1.11. The summed E-state index contributed by atoms with van der Waals surface area (Å²) in [6.07, 6.45) is 3.06. The number of rotatable bonds is 5. The van der Waals surface area contributed by atoms with Gasteiger partial charge in [-0.1, -0.05) is 0 Å². The molecule has 3 heterocycles. The van der Waals surface area contributed by atoms with Gasteiger partial charge in [0.05, 0.1) is 12.2 Å². The molecule has 7 nitrogen and oxygen atoms in total. The number of esters is 1. The smallest absolute Gasteiger partial charge is 0.339 e. The summed E-state index contributed by atoms with van der Waals surface area (Å²) < 4.78 is 16.1. The Bertz CT molecular complexity index is 889. The largest absolute Gasteiger partial charge is 0.486 e. The second-order valence-corrected chi connectivity index (χ2v) is 7.11. The third-order valence-electron chi connectivity index (χ3n) is 5.28. The fourth-order valence-corrected chi connectivity index (χ4v) is 3.71. The lowest BCUT2D eigenvalue weighted by molar-refractivity contribution is 0.0525. The lowest BCUT2D eigenvalue weighted by Gasteiger charge is -2.32. The Kier molecular flexibility index (Phi) is 5.64. The summed E-state index contributed by atoms with van der Waals surface area (Å²) in [5.74, 6) is 1.91. The Hall–Kier alpha value is -3.09. The molecule has 0 aliphatic carbocycles. The van der Waals surface area contributed by atoms with E-state index in [2.05, 4.69) is 9.88 Å². The zero-order valence-corrected chi connectivity index (χ0v) is 16.4. The van der Waals surface area contributed by atoms with E-state index < -0.39 is 0 Å². The zero-order valence-electron chi connectivity index (χ0n) is 16.4. The molecule has 7 heteroatoms.